The second-order valence-corrected chi connectivity index (χ2v) is 6.82. The number of hydrogen-bond donors (Lipinski definition) is 2. The number of aliphatic hydroxyl groups is 1. The van der Waals surface area contributed by atoms with Crippen LogP contribution in [0.25, 0.3) is 0 Å². The molecule has 8 heteroatoms. The zero-order valence-electron chi connectivity index (χ0n) is 11.1. The lowest BCUT2D eigenvalue weighted by atomic mass is 9.93. The maximum absolute atomic E-state index is 12.4. The summed E-state index contributed by atoms with van der Waals surface area (Å²) in [6.45, 7) is 0. The zero-order valence-corrected chi connectivity index (χ0v) is 11.9. The number of alkyl halides is 3. The molecule has 0 unspecified atom stereocenters. The molecular weight excluding hydrogens is 307 g/mol. The number of sulfonamides is 1. The Kier molecular flexibility index (Phi) is 4.60. The van der Waals surface area contributed by atoms with Crippen LogP contribution < -0.4 is 4.72 Å². The fourth-order valence-corrected chi connectivity index (χ4v) is 3.64. The van der Waals surface area contributed by atoms with Gasteiger partial charge in [0.2, 0.25) is 10.0 Å². The van der Waals surface area contributed by atoms with Crippen molar-refractivity contribution in [3.05, 3.63) is 29.8 Å². The van der Waals surface area contributed by atoms with Gasteiger partial charge >= 0.3 is 6.18 Å². The van der Waals surface area contributed by atoms with Crippen molar-refractivity contribution in [1.82, 2.24) is 4.72 Å². The first kappa shape index (κ1) is 16.3. The largest absolute Gasteiger partial charge is 0.416 e. The van der Waals surface area contributed by atoms with Gasteiger partial charge in [-0.15, -0.1) is 0 Å². The summed E-state index contributed by atoms with van der Waals surface area (Å²) in [7, 11) is -3.93. The van der Waals surface area contributed by atoms with E-state index in [4.69, 9.17) is 0 Å². The standard InChI is InChI=1S/C13H16F3NO3S/c14-13(15,16)9-5-7-10(8-6-9)21(19,20)17-11-3-1-2-4-12(11)18/h5-8,11-12,17-18H,1-4H2/t11-,12-/m0/s1. The Morgan fingerprint density at radius 3 is 2.19 bits per heavy atom. The predicted molar refractivity (Wildman–Crippen MR) is 70.0 cm³/mol. The summed E-state index contributed by atoms with van der Waals surface area (Å²) in [4.78, 5) is -0.242. The number of benzene rings is 1. The van der Waals surface area contributed by atoms with Gasteiger partial charge in [-0.1, -0.05) is 12.8 Å². The summed E-state index contributed by atoms with van der Waals surface area (Å²) in [5.41, 5.74) is -0.904. The monoisotopic (exact) mass is 323 g/mol. The zero-order chi connectivity index (χ0) is 15.7. The third-order valence-electron chi connectivity index (χ3n) is 3.53. The summed E-state index contributed by atoms with van der Waals surface area (Å²) in [5, 5.41) is 9.75. The van der Waals surface area contributed by atoms with Crippen molar-refractivity contribution < 1.29 is 26.7 Å². The van der Waals surface area contributed by atoms with E-state index in [1.165, 1.54) is 0 Å². The van der Waals surface area contributed by atoms with Gasteiger partial charge in [-0.25, -0.2) is 13.1 Å². The Labute approximate surface area is 121 Å². The molecule has 0 aromatic heterocycles. The summed E-state index contributed by atoms with van der Waals surface area (Å²) >= 11 is 0. The first-order valence-corrected chi connectivity index (χ1v) is 8.06. The molecule has 1 aromatic rings. The Bertz CT molecular complexity index is 584. The Morgan fingerprint density at radius 1 is 1.10 bits per heavy atom. The van der Waals surface area contributed by atoms with Gasteiger partial charge in [0.1, 0.15) is 0 Å². The number of aliphatic hydroxyl groups excluding tert-OH is 1. The highest BCUT2D eigenvalue weighted by Gasteiger charge is 2.32. The van der Waals surface area contributed by atoms with Gasteiger partial charge in [0.25, 0.3) is 0 Å². The van der Waals surface area contributed by atoms with Crippen LogP contribution in [0.2, 0.25) is 0 Å². The minimum atomic E-state index is -4.50. The molecule has 4 nitrogen and oxygen atoms in total. The molecule has 1 fully saturated rings. The third-order valence-corrected chi connectivity index (χ3v) is 5.03. The minimum absolute atomic E-state index is 0.242. The molecule has 118 valence electrons. The molecule has 1 saturated carbocycles. The van der Waals surface area contributed by atoms with Crippen molar-refractivity contribution in [2.45, 2.75) is 48.9 Å². The van der Waals surface area contributed by atoms with E-state index in [0.717, 1.165) is 37.1 Å². The SMILES string of the molecule is O=S(=O)(N[C@H]1CCCC[C@@H]1O)c1ccc(C(F)(F)F)cc1. The van der Waals surface area contributed by atoms with Gasteiger partial charge in [0.15, 0.2) is 0 Å². The summed E-state index contributed by atoms with van der Waals surface area (Å²) in [6, 6.07) is 2.70. The van der Waals surface area contributed by atoms with E-state index in [-0.39, 0.29) is 4.90 Å². The molecule has 1 aliphatic rings. The smallest absolute Gasteiger partial charge is 0.391 e. The summed E-state index contributed by atoms with van der Waals surface area (Å²) in [5.74, 6) is 0. The van der Waals surface area contributed by atoms with Gasteiger partial charge < -0.3 is 5.11 Å². The average molecular weight is 323 g/mol. The lowest BCUT2D eigenvalue weighted by molar-refractivity contribution is -0.137. The maximum atomic E-state index is 12.4. The number of rotatable bonds is 3. The average Bonchev–Trinajstić information content (AvgIpc) is 2.40. The fourth-order valence-electron chi connectivity index (χ4n) is 2.34. The van der Waals surface area contributed by atoms with Crippen LogP contribution in [0.15, 0.2) is 29.2 Å². The first-order chi connectivity index (χ1) is 9.70. The van der Waals surface area contributed by atoms with Crippen molar-refractivity contribution in [2.75, 3.05) is 0 Å². The van der Waals surface area contributed by atoms with Crippen LogP contribution in [-0.4, -0.2) is 25.7 Å². The van der Waals surface area contributed by atoms with E-state index in [1.54, 1.807) is 0 Å². The van der Waals surface area contributed by atoms with Gasteiger partial charge in [-0.2, -0.15) is 13.2 Å². The molecule has 1 aromatic carbocycles. The Hall–Kier alpha value is -1.12. The molecule has 1 aliphatic carbocycles. The molecule has 2 atom stereocenters. The second-order valence-electron chi connectivity index (χ2n) is 5.10. The number of nitrogens with one attached hydrogen (secondary N) is 1. The van der Waals surface area contributed by atoms with E-state index >= 15 is 0 Å². The molecular formula is C13H16F3NO3S. The lowest BCUT2D eigenvalue weighted by Crippen LogP contribution is -2.44. The van der Waals surface area contributed by atoms with E-state index in [1.807, 2.05) is 0 Å². The van der Waals surface area contributed by atoms with Crippen LogP contribution in [0, 0.1) is 0 Å². The van der Waals surface area contributed by atoms with Crippen LogP contribution in [0.3, 0.4) is 0 Å². The molecule has 0 heterocycles. The van der Waals surface area contributed by atoms with Crippen molar-refractivity contribution >= 4 is 10.0 Å². The van der Waals surface area contributed by atoms with Crippen molar-refractivity contribution in [3.8, 4) is 0 Å². The minimum Gasteiger partial charge on any atom is -0.391 e. The van der Waals surface area contributed by atoms with Gasteiger partial charge in [-0.05, 0) is 37.1 Å². The highest BCUT2D eigenvalue weighted by molar-refractivity contribution is 7.89. The van der Waals surface area contributed by atoms with Gasteiger partial charge in [-0.3, -0.25) is 0 Å². The first-order valence-electron chi connectivity index (χ1n) is 6.58. The molecule has 0 aliphatic heterocycles. The second kappa shape index (κ2) is 5.94. The molecule has 2 N–H and O–H groups in total. The van der Waals surface area contributed by atoms with Crippen LogP contribution >= 0.6 is 0 Å². The van der Waals surface area contributed by atoms with Gasteiger partial charge in [0, 0.05) is 6.04 Å². The fraction of sp³-hybridized carbons (Fsp3) is 0.538. The van der Waals surface area contributed by atoms with Crippen LogP contribution in [0.4, 0.5) is 13.2 Å². The van der Waals surface area contributed by atoms with Crippen LogP contribution in [0.1, 0.15) is 31.2 Å². The van der Waals surface area contributed by atoms with E-state index < -0.39 is 33.9 Å². The highest BCUT2D eigenvalue weighted by atomic mass is 32.2. The Morgan fingerprint density at radius 2 is 1.67 bits per heavy atom. The molecule has 2 rings (SSSR count). The molecule has 0 radical (unpaired) electrons. The molecule has 0 bridgehead atoms. The third kappa shape index (κ3) is 3.96. The normalized spacial score (nSPS) is 24.0. The molecule has 0 amide bonds. The van der Waals surface area contributed by atoms with Crippen molar-refractivity contribution in [3.63, 3.8) is 0 Å². The van der Waals surface area contributed by atoms with E-state index in [0.29, 0.717) is 12.8 Å². The molecule has 0 spiro atoms. The molecule has 0 saturated heterocycles. The van der Waals surface area contributed by atoms with Crippen LogP contribution in [-0.2, 0) is 16.2 Å². The van der Waals surface area contributed by atoms with Crippen molar-refractivity contribution in [2.24, 2.45) is 0 Å². The summed E-state index contributed by atoms with van der Waals surface area (Å²) in [6.07, 6.45) is -2.60. The molecule has 21 heavy (non-hydrogen) atoms. The maximum Gasteiger partial charge on any atom is 0.416 e. The topological polar surface area (TPSA) is 66.4 Å². The Balaban J connectivity index is 2.16. The van der Waals surface area contributed by atoms with Gasteiger partial charge in [0.05, 0.1) is 16.6 Å². The summed E-state index contributed by atoms with van der Waals surface area (Å²) < 4.78 is 63.9. The number of halogens is 3. The van der Waals surface area contributed by atoms with E-state index in [9.17, 15) is 26.7 Å². The quantitative estimate of drug-likeness (QED) is 0.897. The number of hydrogen-bond acceptors (Lipinski definition) is 3. The van der Waals surface area contributed by atoms with E-state index in [2.05, 4.69) is 4.72 Å². The highest BCUT2D eigenvalue weighted by Crippen LogP contribution is 2.30. The predicted octanol–water partition coefficient (Wildman–Crippen LogP) is 2.29. The van der Waals surface area contributed by atoms with Crippen molar-refractivity contribution in [1.29, 1.82) is 0 Å². The lowest BCUT2D eigenvalue weighted by Gasteiger charge is -2.28. The van der Waals surface area contributed by atoms with Crippen LogP contribution in [0.5, 0.6) is 0 Å².